The first-order chi connectivity index (χ1) is 2.77. The van der Waals surface area contributed by atoms with Gasteiger partial charge in [-0.25, -0.2) is 0 Å². The van der Waals surface area contributed by atoms with Crippen LogP contribution >= 0.6 is 19.0 Å². The molecule has 0 aromatic rings. The Morgan fingerprint density at radius 3 is 2.50 bits per heavy atom. The van der Waals surface area contributed by atoms with Gasteiger partial charge in [-0.3, -0.25) is 0 Å². The van der Waals surface area contributed by atoms with Crippen molar-refractivity contribution >= 4 is 19.0 Å². The van der Waals surface area contributed by atoms with E-state index in [2.05, 4.69) is 4.52 Å². The molecule has 0 aliphatic heterocycles. The third-order valence-corrected chi connectivity index (χ3v) is 1.000. The fraction of sp³-hybridized carbons (Fsp3) is 1.00. The lowest BCUT2D eigenvalue weighted by Crippen LogP contribution is -1.74. The molecule has 1 N–H and O–H groups in total. The molecule has 1 unspecified atom stereocenters. The van der Waals surface area contributed by atoms with Crippen LogP contribution in [0.1, 0.15) is 6.92 Å². The van der Waals surface area contributed by atoms with E-state index in [0.29, 0.717) is 6.61 Å². The molecule has 38 valence electrons. The van der Waals surface area contributed by atoms with Crippen LogP contribution < -0.4 is 0 Å². The molecule has 0 saturated heterocycles. The molecule has 0 rings (SSSR count). The molecular weight excluding hydrogens is 122 g/mol. The van der Waals surface area contributed by atoms with Gasteiger partial charge in [0.1, 0.15) is 0 Å². The van der Waals surface area contributed by atoms with Gasteiger partial charge in [-0.05, 0) is 18.2 Å². The average Bonchev–Trinajstić information content (AvgIpc) is 1.35. The van der Waals surface area contributed by atoms with Gasteiger partial charge >= 0.3 is 0 Å². The molecule has 0 amide bonds. The molecule has 4 heteroatoms. The lowest BCUT2D eigenvalue weighted by atomic mass is 10.9. The zero-order valence-corrected chi connectivity index (χ0v) is 5.04. The van der Waals surface area contributed by atoms with Crippen molar-refractivity contribution in [1.29, 1.82) is 0 Å². The molecule has 0 spiro atoms. The van der Waals surface area contributed by atoms with Crippen LogP contribution in [-0.2, 0) is 4.52 Å². The summed E-state index contributed by atoms with van der Waals surface area (Å²) in [6.45, 7) is 2.25. The number of hydrogen-bond donors (Lipinski definition) is 1. The fourth-order valence-corrected chi connectivity index (χ4v) is 0.612. The van der Waals surface area contributed by atoms with Crippen LogP contribution in [0.4, 0.5) is 0 Å². The van der Waals surface area contributed by atoms with Crippen molar-refractivity contribution in [2.24, 2.45) is 0 Å². The van der Waals surface area contributed by atoms with Gasteiger partial charge in [0, 0.05) is 0 Å². The van der Waals surface area contributed by atoms with E-state index in [4.69, 9.17) is 16.1 Å². The third-order valence-electron chi connectivity index (χ3n) is 0.236. The van der Waals surface area contributed by atoms with Gasteiger partial charge in [-0.15, -0.1) is 0 Å². The molecule has 0 radical (unpaired) electrons. The fourth-order valence-electron chi connectivity index (χ4n) is 0.107. The maximum Gasteiger partial charge on any atom is 0.273 e. The Morgan fingerprint density at radius 1 is 2.00 bits per heavy atom. The van der Waals surface area contributed by atoms with E-state index >= 15 is 0 Å². The van der Waals surface area contributed by atoms with Crippen molar-refractivity contribution < 1.29 is 9.42 Å². The molecule has 0 aromatic carbocycles. The molecule has 0 bridgehead atoms. The Kier molecular flexibility index (Phi) is 4.22. The Hall–Kier alpha value is 0.640. The maximum absolute atomic E-state index is 8.16. The van der Waals surface area contributed by atoms with Crippen molar-refractivity contribution in [2.45, 2.75) is 6.92 Å². The molecule has 0 fully saturated rings. The number of rotatable bonds is 2. The number of halogens is 1. The van der Waals surface area contributed by atoms with Gasteiger partial charge in [0.15, 0.2) is 0 Å². The van der Waals surface area contributed by atoms with Gasteiger partial charge in [0.25, 0.3) is 7.73 Å². The van der Waals surface area contributed by atoms with Crippen LogP contribution in [0.3, 0.4) is 0 Å². The molecule has 0 aliphatic carbocycles. The molecule has 0 aromatic heterocycles. The highest BCUT2D eigenvalue weighted by Gasteiger charge is 1.91. The molecule has 0 heterocycles. The average molecular weight is 128 g/mol. The molecular formula is C2H6ClO2P. The zero-order valence-electron chi connectivity index (χ0n) is 3.39. The van der Waals surface area contributed by atoms with E-state index in [-0.39, 0.29) is 0 Å². The standard InChI is InChI=1S/C2H6ClO2P/c1-2-5-6(3)4/h4H,2H2,1H3. The zero-order chi connectivity index (χ0) is 4.99. The van der Waals surface area contributed by atoms with Crippen molar-refractivity contribution in [3.8, 4) is 0 Å². The van der Waals surface area contributed by atoms with Gasteiger partial charge in [-0.2, -0.15) is 0 Å². The first kappa shape index (κ1) is 6.64. The molecule has 2 nitrogen and oxygen atoms in total. The van der Waals surface area contributed by atoms with E-state index in [1.807, 2.05) is 0 Å². The lowest BCUT2D eigenvalue weighted by molar-refractivity contribution is 0.342. The quantitative estimate of drug-likeness (QED) is 0.571. The Bertz CT molecular complexity index is 32.7. The van der Waals surface area contributed by atoms with Crippen LogP contribution in [0, 0.1) is 0 Å². The molecule has 1 atom stereocenters. The van der Waals surface area contributed by atoms with Gasteiger partial charge in [0.2, 0.25) is 0 Å². The topological polar surface area (TPSA) is 29.5 Å². The Morgan fingerprint density at radius 2 is 2.50 bits per heavy atom. The van der Waals surface area contributed by atoms with E-state index in [1.165, 1.54) is 0 Å². The second kappa shape index (κ2) is 3.82. The second-order valence-corrected chi connectivity index (χ2v) is 2.22. The minimum absolute atomic E-state index is 0.478. The van der Waals surface area contributed by atoms with Crippen LogP contribution in [-0.4, -0.2) is 11.5 Å². The summed E-state index contributed by atoms with van der Waals surface area (Å²) in [4.78, 5) is 8.16. The Balaban J connectivity index is 2.63. The van der Waals surface area contributed by atoms with Crippen molar-refractivity contribution in [1.82, 2.24) is 0 Å². The highest BCUT2D eigenvalue weighted by atomic mass is 35.7. The summed E-state index contributed by atoms with van der Waals surface area (Å²) in [5.74, 6) is 0. The van der Waals surface area contributed by atoms with Gasteiger partial charge < -0.3 is 9.42 Å². The van der Waals surface area contributed by atoms with Crippen molar-refractivity contribution in [2.75, 3.05) is 6.61 Å². The summed E-state index contributed by atoms with van der Waals surface area (Å²) in [6, 6.07) is 0. The van der Waals surface area contributed by atoms with Gasteiger partial charge in [0.05, 0.1) is 6.61 Å². The summed E-state index contributed by atoms with van der Waals surface area (Å²) < 4.78 is 4.43. The van der Waals surface area contributed by atoms with E-state index < -0.39 is 7.73 Å². The van der Waals surface area contributed by atoms with Crippen LogP contribution in [0.5, 0.6) is 0 Å². The highest BCUT2D eigenvalue weighted by Crippen LogP contribution is 2.36. The van der Waals surface area contributed by atoms with Crippen molar-refractivity contribution in [3.05, 3.63) is 0 Å². The molecule has 0 saturated carbocycles. The first-order valence-electron chi connectivity index (χ1n) is 1.55. The Labute approximate surface area is 42.8 Å². The normalized spacial score (nSPS) is 14.5. The predicted octanol–water partition coefficient (Wildman–Crippen LogP) is 1.48. The van der Waals surface area contributed by atoms with E-state index in [9.17, 15) is 0 Å². The maximum atomic E-state index is 8.16. The van der Waals surface area contributed by atoms with Crippen LogP contribution in [0.15, 0.2) is 0 Å². The van der Waals surface area contributed by atoms with Crippen LogP contribution in [0.25, 0.3) is 0 Å². The monoisotopic (exact) mass is 128 g/mol. The first-order valence-corrected chi connectivity index (χ1v) is 3.66. The SMILES string of the molecule is CCOP(O)Cl. The summed E-state index contributed by atoms with van der Waals surface area (Å²) in [7, 11) is -1.63. The van der Waals surface area contributed by atoms with Crippen LogP contribution in [0.2, 0.25) is 0 Å². The third kappa shape index (κ3) is 4.64. The summed E-state index contributed by atoms with van der Waals surface area (Å²) >= 11 is 4.98. The van der Waals surface area contributed by atoms with Crippen molar-refractivity contribution in [3.63, 3.8) is 0 Å². The molecule has 6 heavy (non-hydrogen) atoms. The summed E-state index contributed by atoms with van der Waals surface area (Å²) in [5, 5.41) is 0. The minimum Gasteiger partial charge on any atom is -0.338 e. The summed E-state index contributed by atoms with van der Waals surface area (Å²) in [5.41, 5.74) is 0. The van der Waals surface area contributed by atoms with E-state index in [1.54, 1.807) is 6.92 Å². The highest BCUT2D eigenvalue weighted by molar-refractivity contribution is 7.75. The largest absolute Gasteiger partial charge is 0.338 e. The predicted molar refractivity (Wildman–Crippen MR) is 26.6 cm³/mol. The van der Waals surface area contributed by atoms with E-state index in [0.717, 1.165) is 0 Å². The summed E-state index contributed by atoms with van der Waals surface area (Å²) in [6.07, 6.45) is 0. The lowest BCUT2D eigenvalue weighted by Gasteiger charge is -1.94. The number of hydrogen-bond acceptors (Lipinski definition) is 2. The van der Waals surface area contributed by atoms with Gasteiger partial charge in [-0.1, -0.05) is 0 Å². The second-order valence-electron chi connectivity index (χ2n) is 0.644. The smallest absolute Gasteiger partial charge is 0.273 e. The minimum atomic E-state index is -1.63. The molecule has 0 aliphatic rings.